The van der Waals surface area contributed by atoms with E-state index in [9.17, 15) is 4.79 Å². The number of pyridine rings is 1. The first-order chi connectivity index (χ1) is 8.79. The molecule has 2 rings (SSSR count). The lowest BCUT2D eigenvalue weighted by molar-refractivity contribution is -0.120. The van der Waals surface area contributed by atoms with Crippen molar-refractivity contribution < 1.29 is 4.79 Å². The van der Waals surface area contributed by atoms with Crippen LogP contribution in [0.4, 0.5) is 0 Å². The lowest BCUT2D eigenvalue weighted by atomic mass is 10.1. The molecule has 0 aliphatic rings. The summed E-state index contributed by atoms with van der Waals surface area (Å²) in [5, 5.41) is 4.90. The summed E-state index contributed by atoms with van der Waals surface area (Å²) in [5.41, 5.74) is 9.51. The molecule has 0 atom stereocenters. The summed E-state index contributed by atoms with van der Waals surface area (Å²) in [6, 6.07) is 9.63. The van der Waals surface area contributed by atoms with Gasteiger partial charge in [0.2, 0.25) is 5.91 Å². The Bertz CT molecular complexity index is 580. The zero-order valence-electron chi connectivity index (χ0n) is 9.84. The van der Waals surface area contributed by atoms with Crippen LogP contribution in [0.2, 0.25) is 0 Å². The van der Waals surface area contributed by atoms with Crippen LogP contribution in [0.3, 0.4) is 0 Å². The van der Waals surface area contributed by atoms with Crippen molar-refractivity contribution in [3.8, 4) is 0 Å². The molecule has 1 aromatic heterocycles. The number of carbonyl (C=O) groups excluding carboxylic acids is 1. The van der Waals surface area contributed by atoms with Crippen LogP contribution in [-0.4, -0.2) is 23.7 Å². The molecule has 0 fully saturated rings. The largest absolute Gasteiger partial charge is 0.330 e. The van der Waals surface area contributed by atoms with Gasteiger partial charge >= 0.3 is 0 Å². The van der Waals surface area contributed by atoms with E-state index in [1.54, 1.807) is 12.4 Å². The predicted molar refractivity (Wildman–Crippen MR) is 71.2 cm³/mol. The zero-order chi connectivity index (χ0) is 12.8. The minimum atomic E-state index is -0.184. The summed E-state index contributed by atoms with van der Waals surface area (Å²) in [6.07, 6.45) is 3.63. The molecule has 0 saturated carbocycles. The molecule has 0 radical (unpaired) electrons. The predicted octanol–water partition coefficient (Wildman–Crippen LogP) is 1.03. The summed E-state index contributed by atoms with van der Waals surface area (Å²) in [4.78, 5) is 15.4. The highest BCUT2D eigenvalue weighted by molar-refractivity contribution is 5.89. The third-order valence-electron chi connectivity index (χ3n) is 2.40. The molecule has 0 bridgehead atoms. The highest BCUT2D eigenvalue weighted by atomic mass is 16.2. The van der Waals surface area contributed by atoms with E-state index in [1.165, 1.54) is 0 Å². The van der Waals surface area contributed by atoms with Crippen molar-refractivity contribution in [3.05, 3.63) is 42.1 Å². The maximum atomic E-state index is 11.1. The molecule has 18 heavy (non-hydrogen) atoms. The number of hydrogen-bond donors (Lipinski definition) is 2. The van der Waals surface area contributed by atoms with E-state index >= 15 is 0 Å². The minimum Gasteiger partial charge on any atom is -0.330 e. The highest BCUT2D eigenvalue weighted by Gasteiger charge is 1.96. The number of nitrogens with two attached hydrogens (primary N) is 1. The van der Waals surface area contributed by atoms with Gasteiger partial charge in [0.1, 0.15) is 0 Å². The molecule has 5 heteroatoms. The number of fused-ring (bicyclic) bond motifs is 1. The molecule has 0 saturated heterocycles. The van der Waals surface area contributed by atoms with Gasteiger partial charge < -0.3 is 5.73 Å². The first kappa shape index (κ1) is 12.2. The summed E-state index contributed by atoms with van der Waals surface area (Å²) >= 11 is 0. The van der Waals surface area contributed by atoms with Gasteiger partial charge in [-0.05, 0) is 23.8 Å². The second-order valence-electron chi connectivity index (χ2n) is 3.79. The van der Waals surface area contributed by atoms with Gasteiger partial charge in [0.05, 0.1) is 11.7 Å². The fourth-order valence-corrected chi connectivity index (χ4v) is 1.54. The van der Waals surface area contributed by atoms with Crippen LogP contribution >= 0.6 is 0 Å². The summed E-state index contributed by atoms with van der Waals surface area (Å²) in [6.45, 7) is 0.322. The van der Waals surface area contributed by atoms with Crippen molar-refractivity contribution >= 4 is 23.0 Å². The number of benzene rings is 1. The van der Waals surface area contributed by atoms with E-state index < -0.39 is 0 Å². The highest BCUT2D eigenvalue weighted by Crippen LogP contribution is 2.11. The van der Waals surface area contributed by atoms with E-state index in [-0.39, 0.29) is 12.3 Å². The first-order valence-corrected chi connectivity index (χ1v) is 5.66. The second-order valence-corrected chi connectivity index (χ2v) is 3.79. The molecule has 0 aliphatic heterocycles. The Kier molecular flexibility index (Phi) is 3.98. The van der Waals surface area contributed by atoms with Crippen LogP contribution in [-0.2, 0) is 4.79 Å². The molecule has 1 aromatic carbocycles. The van der Waals surface area contributed by atoms with E-state index in [1.807, 2.05) is 30.3 Å². The smallest absolute Gasteiger partial charge is 0.241 e. The van der Waals surface area contributed by atoms with Gasteiger partial charge in [0.15, 0.2) is 0 Å². The Morgan fingerprint density at radius 2 is 2.33 bits per heavy atom. The van der Waals surface area contributed by atoms with Gasteiger partial charge in [-0.25, -0.2) is 5.43 Å². The van der Waals surface area contributed by atoms with Crippen molar-refractivity contribution in [3.63, 3.8) is 0 Å². The molecule has 1 amide bonds. The Balaban J connectivity index is 2.07. The third-order valence-corrected chi connectivity index (χ3v) is 2.40. The summed E-state index contributed by atoms with van der Waals surface area (Å²) in [5.74, 6) is -0.184. The van der Waals surface area contributed by atoms with Gasteiger partial charge in [-0.3, -0.25) is 9.78 Å². The van der Waals surface area contributed by atoms with Crippen LogP contribution < -0.4 is 11.2 Å². The first-order valence-electron chi connectivity index (χ1n) is 5.66. The van der Waals surface area contributed by atoms with Crippen molar-refractivity contribution in [2.24, 2.45) is 10.8 Å². The molecule has 0 aliphatic carbocycles. The maximum Gasteiger partial charge on any atom is 0.241 e. The van der Waals surface area contributed by atoms with Crippen LogP contribution in [0.1, 0.15) is 12.0 Å². The van der Waals surface area contributed by atoms with E-state index in [4.69, 9.17) is 5.73 Å². The lowest BCUT2D eigenvalue weighted by Crippen LogP contribution is -2.20. The number of aromatic nitrogens is 1. The number of hydrazone groups is 1. The summed E-state index contributed by atoms with van der Waals surface area (Å²) in [7, 11) is 0. The molecular formula is C13H14N4O. The second kappa shape index (κ2) is 5.88. The van der Waals surface area contributed by atoms with Gasteiger partial charge in [-0.1, -0.05) is 12.1 Å². The minimum absolute atomic E-state index is 0.184. The van der Waals surface area contributed by atoms with E-state index in [2.05, 4.69) is 15.5 Å². The number of carbonyl (C=O) groups is 1. The normalized spacial score (nSPS) is 10.9. The molecule has 1 heterocycles. The molecule has 0 spiro atoms. The number of rotatable bonds is 4. The average molecular weight is 242 g/mol. The quantitative estimate of drug-likeness (QED) is 0.620. The van der Waals surface area contributed by atoms with Crippen molar-refractivity contribution in [2.45, 2.75) is 6.42 Å². The average Bonchev–Trinajstić information content (AvgIpc) is 2.39. The lowest BCUT2D eigenvalue weighted by Gasteiger charge is -1.99. The Labute approximate surface area is 105 Å². The number of amides is 1. The van der Waals surface area contributed by atoms with E-state index in [0.29, 0.717) is 6.54 Å². The fourth-order valence-electron chi connectivity index (χ4n) is 1.54. The third kappa shape index (κ3) is 3.11. The van der Waals surface area contributed by atoms with Crippen molar-refractivity contribution in [2.75, 3.05) is 6.54 Å². The van der Waals surface area contributed by atoms with Crippen molar-refractivity contribution in [1.82, 2.24) is 10.4 Å². The van der Waals surface area contributed by atoms with Crippen LogP contribution in [0.25, 0.3) is 10.9 Å². The molecular weight excluding hydrogens is 228 g/mol. The maximum absolute atomic E-state index is 11.1. The topological polar surface area (TPSA) is 80.4 Å². The van der Waals surface area contributed by atoms with Gasteiger partial charge in [0.25, 0.3) is 0 Å². The van der Waals surface area contributed by atoms with Crippen LogP contribution in [0.15, 0.2) is 41.6 Å². The molecule has 5 nitrogen and oxygen atoms in total. The summed E-state index contributed by atoms with van der Waals surface area (Å²) < 4.78 is 0. The molecule has 0 unspecified atom stereocenters. The van der Waals surface area contributed by atoms with Crippen molar-refractivity contribution in [1.29, 1.82) is 0 Å². The Hall–Kier alpha value is -2.27. The van der Waals surface area contributed by atoms with Crippen LogP contribution in [0, 0.1) is 0 Å². The monoisotopic (exact) mass is 242 g/mol. The molecule has 92 valence electrons. The number of nitrogens with zero attached hydrogens (tertiary/aromatic N) is 2. The molecule has 3 N–H and O–H groups in total. The standard InChI is InChI=1S/C13H14N4O/c14-6-5-13(18)17-16-9-10-3-4-12-11(8-10)2-1-7-15-12/h1-4,7-9H,5-6,14H2,(H,17,18)/b16-9+. The number of nitrogens with one attached hydrogen (secondary N) is 1. The van der Waals surface area contributed by atoms with E-state index in [0.717, 1.165) is 16.5 Å². The zero-order valence-corrected chi connectivity index (χ0v) is 9.84. The molecule has 2 aromatic rings. The number of hydrogen-bond acceptors (Lipinski definition) is 4. The van der Waals surface area contributed by atoms with Gasteiger partial charge in [-0.15, -0.1) is 0 Å². The van der Waals surface area contributed by atoms with Gasteiger partial charge in [0, 0.05) is 24.5 Å². The fraction of sp³-hybridized carbons (Fsp3) is 0.154. The van der Waals surface area contributed by atoms with Crippen LogP contribution in [0.5, 0.6) is 0 Å². The Morgan fingerprint density at radius 1 is 1.44 bits per heavy atom. The van der Waals surface area contributed by atoms with Gasteiger partial charge in [-0.2, -0.15) is 5.10 Å². The Morgan fingerprint density at radius 3 is 3.17 bits per heavy atom. The SMILES string of the molecule is NCCC(=O)N/N=C/c1ccc2ncccc2c1.